The summed E-state index contributed by atoms with van der Waals surface area (Å²) in [5.74, 6) is 0.695. The number of aromatic nitrogens is 1. The number of nitrogens with one attached hydrogen (secondary N) is 2. The van der Waals surface area contributed by atoms with Crippen molar-refractivity contribution in [3.63, 3.8) is 0 Å². The van der Waals surface area contributed by atoms with Crippen molar-refractivity contribution in [2.45, 2.75) is 27.2 Å². The second-order valence-electron chi connectivity index (χ2n) is 6.59. The molecule has 132 valence electrons. The Labute approximate surface area is 154 Å². The van der Waals surface area contributed by atoms with Crippen molar-refractivity contribution in [1.82, 2.24) is 4.98 Å². The lowest BCUT2D eigenvalue weighted by Gasteiger charge is -2.10. The lowest BCUT2D eigenvalue weighted by Crippen LogP contribution is -2.14. The summed E-state index contributed by atoms with van der Waals surface area (Å²) in [6.45, 7) is 6.16. The number of aryl methyl sites for hydroxylation is 3. The molecule has 3 rings (SSSR count). The molecule has 2 N–H and O–H groups in total. The van der Waals surface area contributed by atoms with Crippen molar-refractivity contribution in [2.24, 2.45) is 0 Å². The standard InChI is InChI=1S/C22H23N3O/c1-15-5-4-6-18(12-15)13-22(26)24-19-8-10-21(23-14-19)25-20-9-7-16(2)11-17(20)3/h4-12,14H,13H2,1-3H3,(H,23,25)(H,24,26). The maximum absolute atomic E-state index is 12.2. The zero-order valence-electron chi connectivity index (χ0n) is 15.3. The van der Waals surface area contributed by atoms with Gasteiger partial charge in [-0.15, -0.1) is 0 Å². The van der Waals surface area contributed by atoms with Gasteiger partial charge in [0.25, 0.3) is 0 Å². The van der Waals surface area contributed by atoms with E-state index in [-0.39, 0.29) is 5.91 Å². The zero-order valence-corrected chi connectivity index (χ0v) is 15.3. The van der Waals surface area contributed by atoms with Gasteiger partial charge in [-0.2, -0.15) is 0 Å². The van der Waals surface area contributed by atoms with E-state index in [1.807, 2.05) is 49.4 Å². The van der Waals surface area contributed by atoms with Gasteiger partial charge in [0.05, 0.1) is 18.3 Å². The van der Waals surface area contributed by atoms with Gasteiger partial charge < -0.3 is 10.6 Å². The minimum Gasteiger partial charge on any atom is -0.340 e. The van der Waals surface area contributed by atoms with Crippen LogP contribution in [-0.4, -0.2) is 10.9 Å². The Kier molecular flexibility index (Phi) is 5.32. The first-order valence-electron chi connectivity index (χ1n) is 8.65. The molecular formula is C22H23N3O. The molecule has 2 aromatic carbocycles. The molecule has 1 aromatic heterocycles. The topological polar surface area (TPSA) is 54.0 Å². The van der Waals surface area contributed by atoms with Crippen LogP contribution in [0.5, 0.6) is 0 Å². The first-order chi connectivity index (χ1) is 12.5. The van der Waals surface area contributed by atoms with E-state index in [1.165, 1.54) is 11.1 Å². The van der Waals surface area contributed by atoms with Crippen LogP contribution >= 0.6 is 0 Å². The van der Waals surface area contributed by atoms with Crippen LogP contribution < -0.4 is 10.6 Å². The number of anilines is 3. The number of carbonyl (C=O) groups is 1. The average molecular weight is 345 g/mol. The summed E-state index contributed by atoms with van der Waals surface area (Å²) in [5.41, 5.74) is 6.27. The number of hydrogen-bond acceptors (Lipinski definition) is 3. The molecule has 0 unspecified atom stereocenters. The largest absolute Gasteiger partial charge is 0.340 e. The highest BCUT2D eigenvalue weighted by Gasteiger charge is 2.06. The van der Waals surface area contributed by atoms with Gasteiger partial charge in [-0.05, 0) is 50.1 Å². The van der Waals surface area contributed by atoms with Crippen molar-refractivity contribution in [2.75, 3.05) is 10.6 Å². The maximum atomic E-state index is 12.2. The molecule has 26 heavy (non-hydrogen) atoms. The van der Waals surface area contributed by atoms with Crippen LogP contribution in [-0.2, 0) is 11.2 Å². The molecule has 1 amide bonds. The minimum atomic E-state index is -0.0486. The van der Waals surface area contributed by atoms with Crippen LogP contribution in [0.25, 0.3) is 0 Å². The van der Waals surface area contributed by atoms with Gasteiger partial charge in [0.15, 0.2) is 0 Å². The molecule has 0 atom stereocenters. The molecule has 0 fully saturated rings. The Morgan fingerprint density at radius 3 is 2.46 bits per heavy atom. The predicted octanol–water partition coefficient (Wildman–Crippen LogP) is 4.93. The molecule has 1 heterocycles. The monoisotopic (exact) mass is 345 g/mol. The Balaban J connectivity index is 1.61. The first-order valence-corrected chi connectivity index (χ1v) is 8.65. The molecular weight excluding hydrogens is 322 g/mol. The van der Waals surface area contributed by atoms with Gasteiger partial charge in [0, 0.05) is 5.69 Å². The van der Waals surface area contributed by atoms with E-state index in [4.69, 9.17) is 0 Å². The normalized spacial score (nSPS) is 10.4. The van der Waals surface area contributed by atoms with Crippen LogP contribution in [0.4, 0.5) is 17.2 Å². The number of nitrogens with zero attached hydrogens (tertiary/aromatic N) is 1. The zero-order chi connectivity index (χ0) is 18.5. The van der Waals surface area contributed by atoms with E-state index in [1.54, 1.807) is 6.20 Å². The fraction of sp³-hybridized carbons (Fsp3) is 0.182. The molecule has 0 bridgehead atoms. The second kappa shape index (κ2) is 7.83. The quantitative estimate of drug-likeness (QED) is 0.689. The highest BCUT2D eigenvalue weighted by molar-refractivity contribution is 5.92. The van der Waals surface area contributed by atoms with E-state index in [0.717, 1.165) is 22.6 Å². The molecule has 0 saturated carbocycles. The molecule has 3 aromatic rings. The molecule has 0 aliphatic carbocycles. The SMILES string of the molecule is Cc1cccc(CC(=O)Nc2ccc(Nc3ccc(C)cc3C)nc2)c1. The van der Waals surface area contributed by atoms with E-state index >= 15 is 0 Å². The van der Waals surface area contributed by atoms with Gasteiger partial charge in [0.1, 0.15) is 5.82 Å². The van der Waals surface area contributed by atoms with E-state index < -0.39 is 0 Å². The van der Waals surface area contributed by atoms with Crippen molar-refractivity contribution in [3.8, 4) is 0 Å². The Morgan fingerprint density at radius 2 is 1.77 bits per heavy atom. The highest BCUT2D eigenvalue weighted by Crippen LogP contribution is 2.21. The molecule has 0 aliphatic heterocycles. The third-order valence-electron chi connectivity index (χ3n) is 4.14. The van der Waals surface area contributed by atoms with Crippen molar-refractivity contribution >= 4 is 23.1 Å². The number of amides is 1. The molecule has 4 nitrogen and oxygen atoms in total. The molecule has 0 spiro atoms. The summed E-state index contributed by atoms with van der Waals surface area (Å²) in [7, 11) is 0. The Bertz CT molecular complexity index is 917. The lowest BCUT2D eigenvalue weighted by molar-refractivity contribution is -0.115. The van der Waals surface area contributed by atoms with Crippen molar-refractivity contribution in [3.05, 3.63) is 83.0 Å². The van der Waals surface area contributed by atoms with Crippen molar-refractivity contribution < 1.29 is 4.79 Å². The maximum Gasteiger partial charge on any atom is 0.228 e. The summed E-state index contributed by atoms with van der Waals surface area (Å²) in [6, 6.07) is 17.9. The summed E-state index contributed by atoms with van der Waals surface area (Å²) in [5, 5.41) is 6.19. The van der Waals surface area contributed by atoms with Gasteiger partial charge in [-0.25, -0.2) is 4.98 Å². The van der Waals surface area contributed by atoms with Crippen LogP contribution in [0.2, 0.25) is 0 Å². The summed E-state index contributed by atoms with van der Waals surface area (Å²) in [6.07, 6.45) is 2.02. The third kappa shape index (κ3) is 4.70. The number of hydrogen-bond donors (Lipinski definition) is 2. The van der Waals surface area contributed by atoms with Gasteiger partial charge >= 0.3 is 0 Å². The summed E-state index contributed by atoms with van der Waals surface area (Å²) >= 11 is 0. The van der Waals surface area contributed by atoms with Crippen LogP contribution in [0.15, 0.2) is 60.8 Å². The third-order valence-corrected chi connectivity index (χ3v) is 4.14. The number of benzene rings is 2. The van der Waals surface area contributed by atoms with E-state index in [0.29, 0.717) is 12.1 Å². The predicted molar refractivity (Wildman–Crippen MR) is 107 cm³/mol. The fourth-order valence-electron chi connectivity index (χ4n) is 2.85. The van der Waals surface area contributed by atoms with E-state index in [9.17, 15) is 4.79 Å². The Hall–Kier alpha value is -3.14. The van der Waals surface area contributed by atoms with E-state index in [2.05, 4.69) is 41.6 Å². The Morgan fingerprint density at radius 1 is 0.962 bits per heavy atom. The molecule has 4 heteroatoms. The summed E-state index contributed by atoms with van der Waals surface area (Å²) in [4.78, 5) is 16.6. The molecule has 0 aliphatic rings. The van der Waals surface area contributed by atoms with Gasteiger partial charge in [0.2, 0.25) is 5.91 Å². The number of rotatable bonds is 5. The lowest BCUT2D eigenvalue weighted by atomic mass is 10.1. The molecule has 0 saturated heterocycles. The van der Waals surface area contributed by atoms with Gasteiger partial charge in [-0.3, -0.25) is 4.79 Å². The minimum absolute atomic E-state index is 0.0486. The van der Waals surface area contributed by atoms with Gasteiger partial charge in [-0.1, -0.05) is 47.5 Å². The number of carbonyl (C=O) groups excluding carboxylic acids is 1. The average Bonchev–Trinajstić information content (AvgIpc) is 2.59. The smallest absolute Gasteiger partial charge is 0.228 e. The summed E-state index contributed by atoms with van der Waals surface area (Å²) < 4.78 is 0. The molecule has 0 radical (unpaired) electrons. The van der Waals surface area contributed by atoms with Crippen LogP contribution in [0.3, 0.4) is 0 Å². The highest BCUT2D eigenvalue weighted by atomic mass is 16.1. The first kappa shape index (κ1) is 17.7. The van der Waals surface area contributed by atoms with Crippen LogP contribution in [0, 0.1) is 20.8 Å². The second-order valence-corrected chi connectivity index (χ2v) is 6.59. The number of pyridine rings is 1. The fourth-order valence-corrected chi connectivity index (χ4v) is 2.85. The van der Waals surface area contributed by atoms with Crippen molar-refractivity contribution in [1.29, 1.82) is 0 Å². The van der Waals surface area contributed by atoms with Crippen LogP contribution in [0.1, 0.15) is 22.3 Å².